The number of carbonyl (C=O) groups is 2. The zero-order valence-corrected chi connectivity index (χ0v) is 21.3. The summed E-state index contributed by atoms with van der Waals surface area (Å²) >= 11 is 1.58. The average Bonchev–Trinajstić information content (AvgIpc) is 3.09. The van der Waals surface area contributed by atoms with E-state index >= 15 is 0 Å². The van der Waals surface area contributed by atoms with Gasteiger partial charge in [0.15, 0.2) is 5.13 Å². The predicted molar refractivity (Wildman–Crippen MR) is 129 cm³/mol. The van der Waals surface area contributed by atoms with Crippen LogP contribution < -0.4 is 10.6 Å². The van der Waals surface area contributed by atoms with Crippen molar-refractivity contribution in [1.82, 2.24) is 25.2 Å². The van der Waals surface area contributed by atoms with Crippen molar-refractivity contribution in [3.05, 3.63) is 28.7 Å². The highest BCUT2D eigenvalue weighted by molar-refractivity contribution is 7.15. The van der Waals surface area contributed by atoms with Crippen molar-refractivity contribution in [2.75, 3.05) is 18.4 Å². The summed E-state index contributed by atoms with van der Waals surface area (Å²) in [5.41, 5.74) is -0.795. The Morgan fingerprint density at radius 2 is 1.79 bits per heavy atom. The summed E-state index contributed by atoms with van der Waals surface area (Å²) in [4.78, 5) is 41.9. The third-order valence-electron chi connectivity index (χ3n) is 5.22. The van der Waals surface area contributed by atoms with E-state index in [0.717, 1.165) is 40.2 Å². The van der Waals surface area contributed by atoms with E-state index in [4.69, 9.17) is 9.72 Å². The van der Waals surface area contributed by atoms with Gasteiger partial charge in [-0.25, -0.2) is 19.7 Å². The Kier molecular flexibility index (Phi) is 7.26. The topological polar surface area (TPSA) is 109 Å². The number of nitrogens with zero attached hydrogens (tertiary/aromatic N) is 4. The van der Waals surface area contributed by atoms with Gasteiger partial charge in [0.2, 0.25) is 5.91 Å². The Bertz CT molecular complexity index is 1010. The molecule has 2 aromatic rings. The van der Waals surface area contributed by atoms with Crippen molar-refractivity contribution in [1.29, 1.82) is 0 Å². The maximum Gasteiger partial charge on any atom is 0.408 e. The van der Waals surface area contributed by atoms with E-state index in [0.29, 0.717) is 13.1 Å². The van der Waals surface area contributed by atoms with Crippen LogP contribution >= 0.6 is 11.3 Å². The lowest BCUT2D eigenvalue weighted by Gasteiger charge is -2.37. The number of hydrogen-bond donors (Lipinski definition) is 2. The van der Waals surface area contributed by atoms with Crippen LogP contribution in [0.5, 0.6) is 0 Å². The zero-order chi connectivity index (χ0) is 24.4. The molecule has 0 spiro atoms. The molecule has 0 aliphatic carbocycles. The van der Waals surface area contributed by atoms with E-state index in [-0.39, 0.29) is 11.8 Å². The van der Waals surface area contributed by atoms with Crippen LogP contribution in [-0.4, -0.2) is 56.1 Å². The molecule has 10 heteroatoms. The molecule has 1 saturated heterocycles. The zero-order valence-electron chi connectivity index (χ0n) is 20.5. The maximum atomic E-state index is 13.1. The van der Waals surface area contributed by atoms with Gasteiger partial charge in [-0.1, -0.05) is 0 Å². The van der Waals surface area contributed by atoms with Gasteiger partial charge in [-0.2, -0.15) is 0 Å². The highest BCUT2D eigenvalue weighted by Crippen LogP contribution is 2.29. The van der Waals surface area contributed by atoms with Gasteiger partial charge in [0, 0.05) is 41.8 Å². The summed E-state index contributed by atoms with van der Waals surface area (Å²) in [6, 6.07) is 1.91. The number of piperidine rings is 1. The standard InChI is InChI=1S/C23H34N6O3S/c1-14-12-17(27-20-24-13-15(2)33-20)26-18(25-14)16-8-10-29(11-9-16)19(30)23(6,7)28-21(31)32-22(3,4)5/h12-13,16H,8-11H2,1-7H3,(H,28,31)(H,24,25,26,27). The van der Waals surface area contributed by atoms with Gasteiger partial charge in [0.1, 0.15) is 22.8 Å². The summed E-state index contributed by atoms with van der Waals surface area (Å²) in [6.45, 7) is 13.9. The van der Waals surface area contributed by atoms with Crippen LogP contribution in [-0.2, 0) is 9.53 Å². The summed E-state index contributed by atoms with van der Waals surface area (Å²) in [5.74, 6) is 1.55. The number of carbonyl (C=O) groups excluding carboxylic acids is 2. The highest BCUT2D eigenvalue weighted by Gasteiger charge is 2.37. The Labute approximate surface area is 199 Å². The second-order valence-electron chi connectivity index (χ2n) is 9.97. The van der Waals surface area contributed by atoms with Crippen molar-refractivity contribution >= 4 is 34.3 Å². The van der Waals surface area contributed by atoms with Crippen LogP contribution in [0.15, 0.2) is 12.3 Å². The number of aromatic nitrogens is 3. The number of hydrogen-bond acceptors (Lipinski definition) is 8. The van der Waals surface area contributed by atoms with Crippen LogP contribution in [0.3, 0.4) is 0 Å². The van der Waals surface area contributed by atoms with Crippen LogP contribution in [0.2, 0.25) is 0 Å². The Balaban J connectivity index is 1.61. The van der Waals surface area contributed by atoms with Gasteiger partial charge in [0.05, 0.1) is 0 Å². The average molecular weight is 475 g/mol. The van der Waals surface area contributed by atoms with Gasteiger partial charge in [-0.05, 0) is 61.3 Å². The van der Waals surface area contributed by atoms with E-state index in [9.17, 15) is 9.59 Å². The van der Waals surface area contributed by atoms with E-state index < -0.39 is 17.2 Å². The lowest BCUT2D eigenvalue weighted by atomic mass is 9.93. The lowest BCUT2D eigenvalue weighted by molar-refractivity contribution is -0.138. The van der Waals surface area contributed by atoms with Gasteiger partial charge in [-0.3, -0.25) is 4.79 Å². The number of thiazole rings is 1. The molecule has 2 aromatic heterocycles. The molecule has 1 fully saturated rings. The Morgan fingerprint density at radius 3 is 2.36 bits per heavy atom. The molecule has 33 heavy (non-hydrogen) atoms. The first-order valence-corrected chi connectivity index (χ1v) is 12.0. The molecule has 1 aliphatic rings. The molecule has 3 heterocycles. The van der Waals surface area contributed by atoms with Crippen molar-refractivity contribution in [2.45, 2.75) is 78.4 Å². The molecule has 0 unspecified atom stereocenters. The minimum Gasteiger partial charge on any atom is -0.444 e. The number of nitrogens with one attached hydrogen (secondary N) is 2. The second kappa shape index (κ2) is 9.62. The first kappa shape index (κ1) is 24.9. The summed E-state index contributed by atoms with van der Waals surface area (Å²) in [5, 5.41) is 6.77. The van der Waals surface area contributed by atoms with Crippen LogP contribution in [0.1, 0.15) is 69.8 Å². The molecule has 0 radical (unpaired) electrons. The van der Waals surface area contributed by atoms with Crippen LogP contribution in [0.4, 0.5) is 15.7 Å². The van der Waals surface area contributed by atoms with Crippen LogP contribution in [0, 0.1) is 13.8 Å². The molecule has 1 aliphatic heterocycles. The van der Waals surface area contributed by atoms with Crippen LogP contribution in [0.25, 0.3) is 0 Å². The fraction of sp³-hybridized carbons (Fsp3) is 0.609. The fourth-order valence-electron chi connectivity index (χ4n) is 3.71. The smallest absolute Gasteiger partial charge is 0.408 e. The molecular weight excluding hydrogens is 440 g/mol. The monoisotopic (exact) mass is 474 g/mol. The van der Waals surface area contributed by atoms with Crippen molar-refractivity contribution in [3.8, 4) is 0 Å². The highest BCUT2D eigenvalue weighted by atomic mass is 32.1. The second-order valence-corrected chi connectivity index (χ2v) is 11.2. The quantitative estimate of drug-likeness (QED) is 0.665. The first-order valence-electron chi connectivity index (χ1n) is 11.2. The van der Waals surface area contributed by atoms with E-state index in [2.05, 4.69) is 20.6 Å². The first-order chi connectivity index (χ1) is 15.3. The third kappa shape index (κ3) is 6.86. The number of ether oxygens (including phenoxy) is 1. The molecule has 0 saturated carbocycles. The number of likely N-dealkylation sites (tertiary alicyclic amines) is 1. The molecule has 9 nitrogen and oxygen atoms in total. The predicted octanol–water partition coefficient (Wildman–Crippen LogP) is 4.30. The van der Waals surface area contributed by atoms with E-state index in [1.807, 2.05) is 26.1 Å². The number of alkyl carbamates (subject to hydrolysis) is 1. The molecule has 3 rings (SSSR count). The van der Waals surface area contributed by atoms with Gasteiger partial charge >= 0.3 is 6.09 Å². The van der Waals surface area contributed by atoms with Gasteiger partial charge in [-0.15, -0.1) is 11.3 Å². The number of amides is 2. The summed E-state index contributed by atoms with van der Waals surface area (Å²) < 4.78 is 5.31. The van der Waals surface area contributed by atoms with Crippen molar-refractivity contribution in [3.63, 3.8) is 0 Å². The molecule has 0 aromatic carbocycles. The maximum absolute atomic E-state index is 13.1. The number of rotatable bonds is 5. The van der Waals surface area contributed by atoms with Gasteiger partial charge < -0.3 is 20.3 Å². The normalized spacial score (nSPS) is 15.3. The summed E-state index contributed by atoms with van der Waals surface area (Å²) in [7, 11) is 0. The van der Waals surface area contributed by atoms with E-state index in [1.54, 1.807) is 50.9 Å². The molecule has 180 valence electrons. The molecule has 2 amide bonds. The Morgan fingerprint density at radius 1 is 1.12 bits per heavy atom. The van der Waals surface area contributed by atoms with E-state index in [1.165, 1.54) is 0 Å². The Hall–Kier alpha value is -2.75. The largest absolute Gasteiger partial charge is 0.444 e. The minimum atomic E-state index is -1.06. The number of aryl methyl sites for hydroxylation is 2. The molecular formula is C23H34N6O3S. The van der Waals surface area contributed by atoms with Crippen molar-refractivity contribution in [2.24, 2.45) is 0 Å². The number of anilines is 2. The SMILES string of the molecule is Cc1cc(Nc2ncc(C)s2)nc(C2CCN(C(=O)C(C)(C)NC(=O)OC(C)(C)C)CC2)n1. The third-order valence-corrected chi connectivity index (χ3v) is 6.05. The molecule has 0 bridgehead atoms. The molecule has 2 N–H and O–H groups in total. The van der Waals surface area contributed by atoms with Gasteiger partial charge in [0.25, 0.3) is 0 Å². The lowest BCUT2D eigenvalue weighted by Crippen LogP contribution is -2.57. The minimum absolute atomic E-state index is 0.126. The molecule has 0 atom stereocenters. The van der Waals surface area contributed by atoms with Crippen molar-refractivity contribution < 1.29 is 14.3 Å². The summed E-state index contributed by atoms with van der Waals surface area (Å²) in [6.07, 6.45) is 2.74. The fourth-order valence-corrected chi connectivity index (χ4v) is 4.38.